The van der Waals surface area contributed by atoms with E-state index in [0.717, 1.165) is 55.1 Å². The first-order valence-corrected chi connectivity index (χ1v) is 10.1. The van der Waals surface area contributed by atoms with Crippen LogP contribution in [0.5, 0.6) is 0 Å². The van der Waals surface area contributed by atoms with Crippen molar-refractivity contribution in [2.24, 2.45) is 0 Å². The highest BCUT2D eigenvalue weighted by atomic mass is 32.2. The minimum Gasteiger partial charge on any atom is -0.307 e. The largest absolute Gasteiger partial charge is 0.307 e. The molecule has 5 rings (SSSR count). The second-order valence-corrected chi connectivity index (χ2v) is 9.30. The Hall–Kier alpha value is -1.73. The maximum atomic E-state index is 14.4. The smallest absolute Gasteiger partial charge is 0.264 e. The van der Waals surface area contributed by atoms with Crippen molar-refractivity contribution < 1.29 is 14.0 Å². The molecule has 2 fully saturated rings. The third-order valence-corrected chi connectivity index (χ3v) is 7.32. The lowest BCUT2D eigenvalue weighted by molar-refractivity contribution is -0.116. The topological polar surface area (TPSA) is 49.4 Å². The van der Waals surface area contributed by atoms with Gasteiger partial charge < -0.3 is 10.2 Å². The third-order valence-electron chi connectivity index (χ3n) is 6.08. The zero-order valence-corrected chi connectivity index (χ0v) is 15.9. The average Bonchev–Trinajstić information content (AvgIpc) is 3.23. The van der Waals surface area contributed by atoms with Crippen LogP contribution in [0, 0.1) is 5.82 Å². The van der Waals surface area contributed by atoms with E-state index in [0.29, 0.717) is 20.4 Å². The summed E-state index contributed by atoms with van der Waals surface area (Å²) in [5.74, 6) is -0.735. The normalized spacial score (nSPS) is 28.9. The fourth-order valence-corrected chi connectivity index (χ4v) is 6.26. The van der Waals surface area contributed by atoms with Gasteiger partial charge >= 0.3 is 0 Å². The number of benzene rings is 1. The van der Waals surface area contributed by atoms with E-state index in [4.69, 9.17) is 12.2 Å². The lowest BCUT2D eigenvalue weighted by Gasteiger charge is -2.46. The van der Waals surface area contributed by atoms with E-state index in [1.165, 1.54) is 6.07 Å². The maximum Gasteiger partial charge on any atom is 0.264 e. The molecule has 3 heterocycles. The number of nitrogens with zero attached hydrogens (tertiary/aromatic N) is 1. The second kappa shape index (κ2) is 5.39. The summed E-state index contributed by atoms with van der Waals surface area (Å²) in [4.78, 5) is 28.0. The highest BCUT2D eigenvalue weighted by molar-refractivity contribution is 8.27. The summed E-state index contributed by atoms with van der Waals surface area (Å²) in [6.07, 6.45) is 4.94. The standard InChI is InChI=1S/C19H17FN2O2S2/c1-9-8-19(4-2-3-5-19)22-14-11(9)6-10(20)7-12(14)13(17(22)24)15-16(23)21-18(25)26-15/h6-7,9H,2-5,8H2,1H3,(H,21,23,25)/b15-13-. The molecule has 1 spiro atoms. The van der Waals surface area contributed by atoms with Crippen LogP contribution in [-0.4, -0.2) is 21.7 Å². The third kappa shape index (κ3) is 2.04. The van der Waals surface area contributed by atoms with Crippen LogP contribution in [0.2, 0.25) is 0 Å². The fourth-order valence-electron chi connectivity index (χ4n) is 5.15. The van der Waals surface area contributed by atoms with Gasteiger partial charge in [-0.05, 0) is 42.9 Å². The van der Waals surface area contributed by atoms with E-state index in [1.54, 1.807) is 6.07 Å². The molecule has 1 atom stereocenters. The van der Waals surface area contributed by atoms with Gasteiger partial charge in [-0.2, -0.15) is 0 Å². The zero-order valence-electron chi connectivity index (χ0n) is 14.2. The second-order valence-electron chi connectivity index (χ2n) is 7.62. The van der Waals surface area contributed by atoms with Crippen LogP contribution in [0.25, 0.3) is 5.57 Å². The summed E-state index contributed by atoms with van der Waals surface area (Å²) >= 11 is 6.18. The Balaban J connectivity index is 1.81. The average molecular weight is 388 g/mol. The molecule has 26 heavy (non-hydrogen) atoms. The highest BCUT2D eigenvalue weighted by Crippen LogP contribution is 2.57. The molecule has 1 aliphatic carbocycles. The number of amides is 2. The Morgan fingerprint density at radius 1 is 1.31 bits per heavy atom. The van der Waals surface area contributed by atoms with E-state index in [-0.39, 0.29) is 29.1 Å². The molecule has 1 saturated carbocycles. The number of anilines is 1. The summed E-state index contributed by atoms with van der Waals surface area (Å²) in [7, 11) is 0. The number of nitrogens with one attached hydrogen (secondary N) is 1. The van der Waals surface area contributed by atoms with Gasteiger partial charge in [0.2, 0.25) is 0 Å². The Morgan fingerprint density at radius 2 is 2.04 bits per heavy atom. The van der Waals surface area contributed by atoms with Gasteiger partial charge in [0.25, 0.3) is 11.8 Å². The molecule has 3 aliphatic heterocycles. The number of hydrogen-bond donors (Lipinski definition) is 1. The van der Waals surface area contributed by atoms with Crippen molar-refractivity contribution in [1.29, 1.82) is 0 Å². The Morgan fingerprint density at radius 3 is 2.69 bits per heavy atom. The number of carbonyl (C=O) groups excluding carboxylic acids is 2. The number of carbonyl (C=O) groups is 2. The van der Waals surface area contributed by atoms with Gasteiger partial charge in [-0.3, -0.25) is 9.59 Å². The molecule has 0 bridgehead atoms. The predicted molar refractivity (Wildman–Crippen MR) is 103 cm³/mol. The van der Waals surface area contributed by atoms with Crippen LogP contribution >= 0.6 is 24.0 Å². The van der Waals surface area contributed by atoms with E-state index in [2.05, 4.69) is 12.2 Å². The van der Waals surface area contributed by atoms with Crippen molar-refractivity contribution in [3.05, 3.63) is 34.0 Å². The number of rotatable bonds is 0. The van der Waals surface area contributed by atoms with Crippen LogP contribution in [0.3, 0.4) is 0 Å². The van der Waals surface area contributed by atoms with Crippen molar-refractivity contribution in [3.63, 3.8) is 0 Å². The van der Waals surface area contributed by atoms with Gasteiger partial charge in [0.05, 0.1) is 16.2 Å². The Bertz CT molecular complexity index is 934. The molecule has 0 radical (unpaired) electrons. The summed E-state index contributed by atoms with van der Waals surface area (Å²) in [6.45, 7) is 2.11. The predicted octanol–water partition coefficient (Wildman–Crippen LogP) is 3.85. The van der Waals surface area contributed by atoms with Crippen molar-refractivity contribution >= 4 is 51.4 Å². The highest BCUT2D eigenvalue weighted by Gasteiger charge is 2.54. The number of fused-ring (bicyclic) bond motifs is 1. The first kappa shape index (κ1) is 16.4. The summed E-state index contributed by atoms with van der Waals surface area (Å²) < 4.78 is 14.7. The van der Waals surface area contributed by atoms with E-state index in [9.17, 15) is 14.0 Å². The molecule has 0 aromatic heterocycles. The molecular formula is C19H17FN2O2S2. The molecule has 1 aromatic carbocycles. The molecular weight excluding hydrogens is 371 g/mol. The first-order valence-electron chi connectivity index (χ1n) is 8.87. The SMILES string of the molecule is CC1CC2(CCCC2)N2C(=O)/C(=C3\SC(=S)NC3=O)c3cc(F)cc1c32. The number of thioether (sulfide) groups is 1. The summed E-state index contributed by atoms with van der Waals surface area (Å²) in [5, 5.41) is 2.58. The van der Waals surface area contributed by atoms with Gasteiger partial charge in [-0.15, -0.1) is 0 Å². The van der Waals surface area contributed by atoms with E-state index >= 15 is 0 Å². The number of halogens is 1. The van der Waals surface area contributed by atoms with Gasteiger partial charge in [-0.25, -0.2) is 4.39 Å². The Kier molecular flexibility index (Phi) is 3.41. The minimum atomic E-state index is -0.369. The van der Waals surface area contributed by atoms with Crippen LogP contribution in [0.4, 0.5) is 10.1 Å². The van der Waals surface area contributed by atoms with Crippen LogP contribution < -0.4 is 10.2 Å². The van der Waals surface area contributed by atoms with Crippen LogP contribution in [0.15, 0.2) is 17.0 Å². The van der Waals surface area contributed by atoms with Gasteiger partial charge in [0.1, 0.15) is 10.1 Å². The molecule has 1 saturated heterocycles. The quantitative estimate of drug-likeness (QED) is 0.542. The van der Waals surface area contributed by atoms with Gasteiger partial charge in [0, 0.05) is 11.1 Å². The minimum absolute atomic E-state index is 0.178. The first-order chi connectivity index (χ1) is 12.4. The summed E-state index contributed by atoms with van der Waals surface area (Å²) in [6, 6.07) is 2.95. The van der Waals surface area contributed by atoms with E-state index in [1.807, 2.05) is 4.90 Å². The van der Waals surface area contributed by atoms with Crippen molar-refractivity contribution in [1.82, 2.24) is 5.32 Å². The zero-order chi connectivity index (χ0) is 18.2. The van der Waals surface area contributed by atoms with Crippen LogP contribution in [-0.2, 0) is 9.59 Å². The Labute approximate surface area is 160 Å². The van der Waals surface area contributed by atoms with Gasteiger partial charge in [-0.1, -0.05) is 43.7 Å². The molecule has 4 nitrogen and oxygen atoms in total. The number of hydrogen-bond acceptors (Lipinski definition) is 4. The number of thiocarbonyl (C=S) groups is 1. The molecule has 7 heteroatoms. The van der Waals surface area contributed by atoms with Crippen molar-refractivity contribution in [3.8, 4) is 0 Å². The molecule has 134 valence electrons. The van der Waals surface area contributed by atoms with Crippen molar-refractivity contribution in [2.45, 2.75) is 50.5 Å². The molecule has 4 aliphatic rings. The molecule has 1 aromatic rings. The van der Waals surface area contributed by atoms with Crippen molar-refractivity contribution in [2.75, 3.05) is 4.90 Å². The fraction of sp³-hybridized carbons (Fsp3) is 0.421. The van der Waals surface area contributed by atoms with E-state index < -0.39 is 0 Å². The summed E-state index contributed by atoms with van der Waals surface area (Å²) in [5.41, 5.74) is 2.32. The molecule has 2 amide bonds. The van der Waals surface area contributed by atoms with Crippen LogP contribution in [0.1, 0.15) is 56.1 Å². The molecule has 1 unspecified atom stereocenters. The lowest BCUT2D eigenvalue weighted by atomic mass is 9.77. The maximum absolute atomic E-state index is 14.4. The van der Waals surface area contributed by atoms with Gasteiger partial charge in [0.15, 0.2) is 0 Å². The monoisotopic (exact) mass is 388 g/mol. The molecule has 1 N–H and O–H groups in total. The lowest BCUT2D eigenvalue weighted by Crippen LogP contribution is -2.52.